The third-order valence-electron chi connectivity index (χ3n) is 7.62. The van der Waals surface area contributed by atoms with E-state index < -0.39 is 23.8 Å². The van der Waals surface area contributed by atoms with E-state index in [9.17, 15) is 19.8 Å². The second-order valence-corrected chi connectivity index (χ2v) is 12.5. The molecule has 2 N–H and O–H groups in total. The van der Waals surface area contributed by atoms with Gasteiger partial charge >= 0.3 is 5.97 Å². The topological polar surface area (TPSA) is 96.3 Å². The summed E-state index contributed by atoms with van der Waals surface area (Å²) >= 11 is 0.954. The van der Waals surface area contributed by atoms with Crippen molar-refractivity contribution in [2.24, 2.45) is 11.3 Å². The van der Waals surface area contributed by atoms with Gasteiger partial charge in [-0.05, 0) is 85.1 Å². The van der Waals surface area contributed by atoms with E-state index in [1.807, 2.05) is 6.92 Å². The van der Waals surface area contributed by atoms with Crippen molar-refractivity contribution in [3.05, 3.63) is 27.5 Å². The van der Waals surface area contributed by atoms with Gasteiger partial charge in [-0.1, -0.05) is 23.5 Å². The van der Waals surface area contributed by atoms with Gasteiger partial charge in [0.25, 0.3) is 0 Å². The zero-order valence-electron chi connectivity index (χ0n) is 25.5. The highest BCUT2D eigenvalue weighted by atomic mass is 32.1. The molecule has 1 amide bonds. The maximum absolute atomic E-state index is 14.1. The summed E-state index contributed by atoms with van der Waals surface area (Å²) in [6, 6.07) is 1.32. The van der Waals surface area contributed by atoms with Crippen molar-refractivity contribution >= 4 is 28.9 Å². The average Bonchev–Trinajstić information content (AvgIpc) is 3.58. The number of aliphatic hydroxyl groups is 1. The van der Waals surface area contributed by atoms with Crippen molar-refractivity contribution in [1.29, 1.82) is 0 Å². The molecule has 0 unspecified atom stereocenters. The first-order valence-corrected chi connectivity index (χ1v) is 14.3. The Labute approximate surface area is 234 Å². The number of rotatable bonds is 7. The third-order valence-corrected chi connectivity index (χ3v) is 8.64. The van der Waals surface area contributed by atoms with Crippen molar-refractivity contribution in [1.82, 2.24) is 0 Å². The van der Waals surface area contributed by atoms with Gasteiger partial charge in [-0.3, -0.25) is 4.79 Å². The molecule has 0 radical (unpaired) electrons. The molecule has 3 aliphatic rings. The van der Waals surface area contributed by atoms with Gasteiger partial charge in [0.05, 0.1) is 35.5 Å². The second-order valence-electron chi connectivity index (χ2n) is 11.5. The minimum Gasteiger partial charge on any atom is -0.477 e. The van der Waals surface area contributed by atoms with E-state index in [-0.39, 0.29) is 35.5 Å². The summed E-state index contributed by atoms with van der Waals surface area (Å²) in [6.07, 6.45) is 6.80. The first kappa shape index (κ1) is 24.8. The molecule has 0 spiro atoms. The number of nitrogens with zero attached hydrogens (tertiary/aromatic N) is 1. The maximum Gasteiger partial charge on any atom is 0.348 e. The van der Waals surface area contributed by atoms with E-state index in [1.54, 1.807) is 11.0 Å². The van der Waals surface area contributed by atoms with Crippen molar-refractivity contribution < 1.29 is 33.4 Å². The number of ether oxygens (including phenoxy) is 2. The molecule has 38 heavy (non-hydrogen) atoms. The quantitative estimate of drug-likeness (QED) is 0.351. The SMILES string of the molecule is [2H]C([2H])([2H])C(C)(C)C#Cc1cc(N(C(=O)[C@H]2CC=C(C)CC2)C2CCC(O)(CO[C@H]3CCOC3)CC2)c(C(=O)O)s1. The zero-order chi connectivity index (χ0) is 30.0. The van der Waals surface area contributed by atoms with Gasteiger partial charge < -0.3 is 24.6 Å². The van der Waals surface area contributed by atoms with Crippen LogP contribution in [0.5, 0.6) is 0 Å². The number of carbonyl (C=O) groups excluding carboxylic acids is 1. The normalized spacial score (nSPS) is 29.3. The van der Waals surface area contributed by atoms with E-state index in [2.05, 4.69) is 17.9 Å². The lowest BCUT2D eigenvalue weighted by molar-refractivity contribution is -0.124. The van der Waals surface area contributed by atoms with E-state index in [0.29, 0.717) is 62.3 Å². The van der Waals surface area contributed by atoms with Gasteiger partial charge in [0.15, 0.2) is 0 Å². The van der Waals surface area contributed by atoms with Crippen LogP contribution in [0.15, 0.2) is 17.7 Å². The van der Waals surface area contributed by atoms with Crippen LogP contribution in [0.3, 0.4) is 0 Å². The van der Waals surface area contributed by atoms with Crippen LogP contribution in [-0.2, 0) is 14.3 Å². The average molecular weight is 547 g/mol. The molecule has 8 heteroatoms. The Bertz CT molecular complexity index is 1210. The number of carbonyl (C=O) groups is 2. The molecule has 2 atom stereocenters. The lowest BCUT2D eigenvalue weighted by atomic mass is 9.81. The Morgan fingerprint density at radius 1 is 1.32 bits per heavy atom. The minimum absolute atomic E-state index is 0.00211. The van der Waals surface area contributed by atoms with Crippen LogP contribution in [0.1, 0.15) is 97.7 Å². The molecular weight excluding hydrogens is 502 g/mol. The highest BCUT2D eigenvalue weighted by Gasteiger charge is 2.41. The van der Waals surface area contributed by atoms with Gasteiger partial charge in [0.1, 0.15) is 4.88 Å². The molecule has 2 aliphatic carbocycles. The largest absolute Gasteiger partial charge is 0.477 e. The van der Waals surface area contributed by atoms with Crippen LogP contribution < -0.4 is 4.90 Å². The molecule has 1 saturated heterocycles. The molecule has 1 saturated carbocycles. The number of carboxylic acid groups (broad SMARTS) is 1. The summed E-state index contributed by atoms with van der Waals surface area (Å²) in [7, 11) is 0. The third kappa shape index (κ3) is 7.26. The van der Waals surface area contributed by atoms with Crippen LogP contribution in [0.25, 0.3) is 0 Å². The van der Waals surface area contributed by atoms with Gasteiger partial charge in [0, 0.05) is 28.1 Å². The van der Waals surface area contributed by atoms with Crippen LogP contribution in [0, 0.1) is 23.2 Å². The fraction of sp³-hybridized carbons (Fsp3) is 0.667. The number of amides is 1. The molecule has 1 aromatic rings. The lowest BCUT2D eigenvalue weighted by Gasteiger charge is -2.42. The minimum atomic E-state index is -2.31. The van der Waals surface area contributed by atoms with Crippen molar-refractivity contribution in [3.63, 3.8) is 0 Å². The van der Waals surface area contributed by atoms with Crippen LogP contribution in [0.4, 0.5) is 5.69 Å². The molecule has 1 aliphatic heterocycles. The highest BCUT2D eigenvalue weighted by molar-refractivity contribution is 7.15. The standard InChI is InChI=1S/C30H41NO6S/c1-20-5-7-21(8-6-20)27(32)31(25-17-24(11-13-29(2,3)4)38-26(25)28(33)34)22-9-14-30(35,15-10-22)19-37-23-12-16-36-18-23/h5,17,21-23,35H,6-10,12,14-16,18-19H2,1-4H3,(H,33,34)/t21-,22?,23-,30?/m0/s1/i2D3. The smallest absolute Gasteiger partial charge is 0.348 e. The van der Waals surface area contributed by atoms with Crippen LogP contribution in [-0.4, -0.2) is 59.7 Å². The summed E-state index contributed by atoms with van der Waals surface area (Å²) in [5.74, 6) is 4.12. The molecular formula is C30H41NO6S. The Balaban J connectivity index is 1.62. The van der Waals surface area contributed by atoms with Crippen molar-refractivity contribution in [2.45, 2.75) is 96.7 Å². The molecule has 2 heterocycles. The van der Waals surface area contributed by atoms with Crippen molar-refractivity contribution in [3.8, 4) is 11.8 Å². The predicted octanol–water partition coefficient (Wildman–Crippen LogP) is 5.40. The number of carboxylic acids is 1. The molecule has 2 fully saturated rings. The molecule has 208 valence electrons. The number of allylic oxidation sites excluding steroid dienone is 2. The molecule has 0 bridgehead atoms. The number of anilines is 1. The molecule has 7 nitrogen and oxygen atoms in total. The van der Waals surface area contributed by atoms with Crippen LogP contribution >= 0.6 is 11.3 Å². The van der Waals surface area contributed by atoms with Gasteiger partial charge in [-0.2, -0.15) is 0 Å². The van der Waals surface area contributed by atoms with Gasteiger partial charge in [-0.25, -0.2) is 4.79 Å². The number of hydrogen-bond donors (Lipinski definition) is 2. The van der Waals surface area contributed by atoms with Crippen molar-refractivity contribution in [2.75, 3.05) is 24.7 Å². The van der Waals surface area contributed by atoms with E-state index >= 15 is 0 Å². The zero-order valence-corrected chi connectivity index (χ0v) is 23.4. The summed E-state index contributed by atoms with van der Waals surface area (Å²) in [4.78, 5) is 28.5. The summed E-state index contributed by atoms with van der Waals surface area (Å²) < 4.78 is 34.6. The number of aromatic carboxylic acids is 1. The Hall–Kier alpha value is -2.18. The van der Waals surface area contributed by atoms with Gasteiger partial charge in [0.2, 0.25) is 5.91 Å². The summed E-state index contributed by atoms with van der Waals surface area (Å²) in [6.45, 7) is 4.19. The Morgan fingerprint density at radius 3 is 2.68 bits per heavy atom. The Kier molecular flexibility index (Phi) is 7.78. The maximum atomic E-state index is 14.1. The Morgan fingerprint density at radius 2 is 2.08 bits per heavy atom. The molecule has 1 aromatic heterocycles. The molecule has 0 aromatic carbocycles. The van der Waals surface area contributed by atoms with E-state index in [0.717, 1.165) is 24.2 Å². The van der Waals surface area contributed by atoms with Crippen LogP contribution in [0.2, 0.25) is 0 Å². The fourth-order valence-electron chi connectivity index (χ4n) is 5.33. The highest BCUT2D eigenvalue weighted by Crippen LogP contribution is 2.40. The fourth-order valence-corrected chi connectivity index (χ4v) is 6.18. The first-order valence-electron chi connectivity index (χ1n) is 15.0. The van der Waals surface area contributed by atoms with E-state index in [4.69, 9.17) is 13.6 Å². The first-order chi connectivity index (χ1) is 19.2. The summed E-state index contributed by atoms with van der Waals surface area (Å²) in [5.41, 5.74) is -0.764. The monoisotopic (exact) mass is 546 g/mol. The van der Waals surface area contributed by atoms with Gasteiger partial charge in [-0.15, -0.1) is 11.3 Å². The molecule has 4 rings (SSSR count). The number of hydrogen-bond acceptors (Lipinski definition) is 6. The lowest BCUT2D eigenvalue weighted by Crippen LogP contribution is -2.50. The summed E-state index contributed by atoms with van der Waals surface area (Å²) in [5, 5.41) is 21.4. The predicted molar refractivity (Wildman–Crippen MR) is 149 cm³/mol. The van der Waals surface area contributed by atoms with E-state index in [1.165, 1.54) is 19.4 Å². The second kappa shape index (κ2) is 11.9. The number of thiophene rings is 1.